The number of carbonyl (C=O) groups is 1. The van der Waals surface area contributed by atoms with Crippen LogP contribution in [-0.2, 0) is 17.0 Å². The largest absolute Gasteiger partial charge is 0.337 e. The Morgan fingerprint density at radius 1 is 1.06 bits per heavy atom. The summed E-state index contributed by atoms with van der Waals surface area (Å²) < 4.78 is 0. The number of hydrogen-bond donors (Lipinski definition) is 1. The van der Waals surface area contributed by atoms with Gasteiger partial charge < -0.3 is 4.98 Å². The van der Waals surface area contributed by atoms with E-state index in [1.165, 1.54) is 22.5 Å². The van der Waals surface area contributed by atoms with E-state index in [-0.39, 0.29) is 5.91 Å². The molecule has 1 amide bonds. The van der Waals surface area contributed by atoms with Gasteiger partial charge in [0.25, 0.3) is 0 Å². The van der Waals surface area contributed by atoms with Gasteiger partial charge in [0.2, 0.25) is 5.91 Å². The highest BCUT2D eigenvalue weighted by atomic mass is 32.2. The van der Waals surface area contributed by atoms with E-state index in [2.05, 4.69) is 50.0 Å². The van der Waals surface area contributed by atoms with Crippen LogP contribution < -0.4 is 4.90 Å². The molecule has 0 bridgehead atoms. The molecule has 0 unspecified atom stereocenters. The maximum atomic E-state index is 12.4. The Hall–Kier alpha value is -2.90. The molecule has 5 nitrogen and oxygen atoms in total. The molecular weight excluding hydrogens is 436 g/mol. The van der Waals surface area contributed by atoms with Gasteiger partial charge in [0.05, 0.1) is 17.1 Å². The van der Waals surface area contributed by atoms with Gasteiger partial charge in [-0.25, -0.2) is 9.97 Å². The molecule has 0 aliphatic carbocycles. The molecule has 0 radical (unpaired) electrons. The summed E-state index contributed by atoms with van der Waals surface area (Å²) in [5, 5.41) is 3.59. The first-order chi connectivity index (χ1) is 15.4. The van der Waals surface area contributed by atoms with Crippen molar-refractivity contribution in [2.24, 2.45) is 0 Å². The Labute approximate surface area is 196 Å². The molecule has 32 heavy (non-hydrogen) atoms. The highest BCUT2D eigenvalue weighted by Crippen LogP contribution is 2.32. The van der Waals surface area contributed by atoms with Crippen LogP contribution in [0.4, 0.5) is 10.8 Å². The number of thioether (sulfide) groups is 1. The van der Waals surface area contributed by atoms with Crippen LogP contribution in [0.25, 0.3) is 0 Å². The predicted molar refractivity (Wildman–Crippen MR) is 133 cm³/mol. The first-order valence-corrected chi connectivity index (χ1v) is 12.3. The summed E-state index contributed by atoms with van der Waals surface area (Å²) in [6, 6.07) is 16.4. The lowest BCUT2D eigenvalue weighted by atomic mass is 10.1. The van der Waals surface area contributed by atoms with Gasteiger partial charge in [0.15, 0.2) is 10.3 Å². The zero-order chi connectivity index (χ0) is 22.7. The monoisotopic (exact) mass is 462 g/mol. The fourth-order valence-corrected chi connectivity index (χ4v) is 5.22. The molecule has 0 spiro atoms. The quantitative estimate of drug-likeness (QED) is 0.325. The fourth-order valence-electron chi connectivity index (χ4n) is 3.40. The predicted octanol–water partition coefficient (Wildman–Crippen LogP) is 6.36. The number of H-pyrrole nitrogens is 1. The van der Waals surface area contributed by atoms with Gasteiger partial charge in [-0.1, -0.05) is 48.2 Å². The third-order valence-corrected chi connectivity index (χ3v) is 7.11. The van der Waals surface area contributed by atoms with Crippen molar-refractivity contribution in [3.05, 3.63) is 87.7 Å². The van der Waals surface area contributed by atoms with E-state index in [9.17, 15) is 4.79 Å². The van der Waals surface area contributed by atoms with Crippen molar-refractivity contribution in [2.45, 2.75) is 45.0 Å². The van der Waals surface area contributed by atoms with Crippen LogP contribution in [0.5, 0.6) is 0 Å². The minimum Gasteiger partial charge on any atom is -0.337 e. The fraction of sp³-hybridized carbons (Fsp3) is 0.240. The number of aromatic nitrogens is 3. The van der Waals surface area contributed by atoms with Gasteiger partial charge in [-0.2, -0.15) is 0 Å². The zero-order valence-corrected chi connectivity index (χ0v) is 20.3. The average Bonchev–Trinajstić information content (AvgIpc) is 3.36. The first-order valence-electron chi connectivity index (χ1n) is 10.5. The number of benzene rings is 2. The molecule has 0 saturated heterocycles. The van der Waals surface area contributed by atoms with Crippen LogP contribution in [-0.4, -0.2) is 20.9 Å². The van der Waals surface area contributed by atoms with Crippen LogP contribution >= 0.6 is 23.1 Å². The van der Waals surface area contributed by atoms with Gasteiger partial charge in [-0.15, -0.1) is 11.3 Å². The third-order valence-electron chi connectivity index (χ3n) is 5.33. The Morgan fingerprint density at radius 3 is 2.56 bits per heavy atom. The number of amides is 1. The first kappa shape index (κ1) is 22.3. The summed E-state index contributed by atoms with van der Waals surface area (Å²) in [6.07, 6.45) is 0.814. The number of carbonyl (C=O) groups excluding carboxylic acids is 1. The maximum Gasteiger partial charge on any atom is 0.230 e. The molecule has 7 heteroatoms. The van der Waals surface area contributed by atoms with Gasteiger partial charge in [-0.3, -0.25) is 9.69 Å². The highest BCUT2D eigenvalue weighted by molar-refractivity contribution is 7.98. The van der Waals surface area contributed by atoms with Gasteiger partial charge in [0, 0.05) is 30.2 Å². The van der Waals surface area contributed by atoms with E-state index in [1.54, 1.807) is 23.6 Å². The van der Waals surface area contributed by atoms with Crippen molar-refractivity contribution in [3.63, 3.8) is 0 Å². The summed E-state index contributed by atoms with van der Waals surface area (Å²) in [7, 11) is 0. The molecule has 0 saturated carbocycles. The number of imidazole rings is 1. The molecule has 0 fully saturated rings. The van der Waals surface area contributed by atoms with Crippen molar-refractivity contribution in [3.8, 4) is 0 Å². The minimum absolute atomic E-state index is 0.0472. The number of aromatic amines is 1. The Bertz CT molecular complexity index is 1230. The lowest BCUT2D eigenvalue weighted by Crippen LogP contribution is -2.22. The van der Waals surface area contributed by atoms with Gasteiger partial charge in [0.1, 0.15) is 0 Å². The van der Waals surface area contributed by atoms with E-state index in [0.717, 1.165) is 39.9 Å². The van der Waals surface area contributed by atoms with Crippen LogP contribution in [0.15, 0.2) is 59.1 Å². The minimum atomic E-state index is -0.0472. The summed E-state index contributed by atoms with van der Waals surface area (Å²) in [5.41, 5.74) is 7.54. The SMILES string of the molecule is CC(=O)N(c1ccc(C)c(C)c1)c1nc(CSc2nc(Cc3ccccc3)c(C)[nH]2)cs1. The molecule has 4 aromatic rings. The Morgan fingerprint density at radius 2 is 1.84 bits per heavy atom. The van der Waals surface area contributed by atoms with Gasteiger partial charge >= 0.3 is 0 Å². The van der Waals surface area contributed by atoms with E-state index < -0.39 is 0 Å². The molecule has 0 aliphatic rings. The summed E-state index contributed by atoms with van der Waals surface area (Å²) >= 11 is 3.11. The smallest absolute Gasteiger partial charge is 0.230 e. The van der Waals surface area contributed by atoms with Crippen molar-refractivity contribution in [1.29, 1.82) is 0 Å². The number of rotatable bonds is 7. The summed E-state index contributed by atoms with van der Waals surface area (Å²) in [6.45, 7) is 7.76. The lowest BCUT2D eigenvalue weighted by molar-refractivity contribution is -0.115. The lowest BCUT2D eigenvalue weighted by Gasteiger charge is -2.19. The second-order valence-electron chi connectivity index (χ2n) is 7.81. The molecule has 4 rings (SSSR count). The van der Waals surface area contributed by atoms with Crippen LogP contribution in [0.3, 0.4) is 0 Å². The van der Waals surface area contributed by atoms with E-state index in [1.807, 2.05) is 29.6 Å². The molecule has 1 N–H and O–H groups in total. The van der Waals surface area contributed by atoms with Crippen molar-refractivity contribution >= 4 is 39.8 Å². The highest BCUT2D eigenvalue weighted by Gasteiger charge is 2.19. The number of hydrogen-bond acceptors (Lipinski definition) is 5. The Balaban J connectivity index is 1.45. The maximum absolute atomic E-state index is 12.4. The molecule has 2 aromatic carbocycles. The van der Waals surface area contributed by atoms with Crippen molar-refractivity contribution in [2.75, 3.05) is 4.90 Å². The molecule has 2 aromatic heterocycles. The van der Waals surface area contributed by atoms with E-state index in [0.29, 0.717) is 10.9 Å². The van der Waals surface area contributed by atoms with E-state index >= 15 is 0 Å². The summed E-state index contributed by atoms with van der Waals surface area (Å²) in [5.74, 6) is 0.640. The second kappa shape index (κ2) is 9.71. The number of nitrogens with zero attached hydrogens (tertiary/aromatic N) is 3. The van der Waals surface area contributed by atoms with Gasteiger partial charge in [-0.05, 0) is 49.6 Å². The van der Waals surface area contributed by atoms with Crippen LogP contribution in [0.2, 0.25) is 0 Å². The van der Waals surface area contributed by atoms with Crippen LogP contribution in [0.1, 0.15) is 40.7 Å². The molecule has 2 heterocycles. The molecule has 0 atom stereocenters. The molecular formula is C25H26N4OS2. The van der Waals surface area contributed by atoms with Crippen molar-refractivity contribution in [1.82, 2.24) is 15.0 Å². The number of thiazole rings is 1. The second-order valence-corrected chi connectivity index (χ2v) is 9.61. The number of nitrogens with one attached hydrogen (secondary N) is 1. The standard InChI is InChI=1S/C25H26N4OS2/c1-16-10-11-22(12-17(16)2)29(19(4)30)25-27-21(15-32-25)14-31-24-26-18(3)23(28-24)13-20-8-6-5-7-9-20/h5-12,15H,13-14H2,1-4H3,(H,26,28). The van der Waals surface area contributed by atoms with Crippen LogP contribution in [0, 0.1) is 20.8 Å². The number of aryl methyl sites for hydroxylation is 3. The topological polar surface area (TPSA) is 61.9 Å². The average molecular weight is 463 g/mol. The number of anilines is 2. The normalized spacial score (nSPS) is 11.0. The summed E-state index contributed by atoms with van der Waals surface area (Å²) in [4.78, 5) is 27.0. The molecule has 0 aliphatic heterocycles. The Kier molecular flexibility index (Phi) is 6.77. The third kappa shape index (κ3) is 5.11. The van der Waals surface area contributed by atoms with Crippen molar-refractivity contribution < 1.29 is 4.79 Å². The zero-order valence-electron chi connectivity index (χ0n) is 18.7. The van der Waals surface area contributed by atoms with E-state index in [4.69, 9.17) is 9.97 Å². The molecule has 164 valence electrons.